The van der Waals surface area contributed by atoms with Crippen LogP contribution in [0.3, 0.4) is 0 Å². The van der Waals surface area contributed by atoms with Gasteiger partial charge in [0.2, 0.25) is 0 Å². The Balaban J connectivity index is 2.29. The van der Waals surface area contributed by atoms with Gasteiger partial charge in [-0.25, -0.2) is 0 Å². The topological polar surface area (TPSA) is 35.8 Å². The fraction of sp³-hybridized carbons (Fsp3) is 0.909. The van der Waals surface area contributed by atoms with Gasteiger partial charge in [-0.1, -0.05) is 19.3 Å². The van der Waals surface area contributed by atoms with Crippen molar-refractivity contribution < 1.29 is 0 Å². The maximum Gasteiger partial charge on any atom is 0.0926 e. The fourth-order valence-electron chi connectivity index (χ4n) is 2.20. The molecule has 13 heavy (non-hydrogen) atoms. The van der Waals surface area contributed by atoms with E-state index in [1.165, 1.54) is 32.1 Å². The summed E-state index contributed by atoms with van der Waals surface area (Å²) < 4.78 is 0. The van der Waals surface area contributed by atoms with Crippen molar-refractivity contribution >= 4 is 0 Å². The number of rotatable bonds is 3. The molecule has 1 aliphatic rings. The summed E-state index contributed by atoms with van der Waals surface area (Å²) in [4.78, 5) is 0. The second-order valence-electron chi connectivity index (χ2n) is 4.20. The predicted molar refractivity (Wildman–Crippen MR) is 54.2 cm³/mol. The third-order valence-corrected chi connectivity index (χ3v) is 3.06. The smallest absolute Gasteiger partial charge is 0.0926 e. The zero-order chi connectivity index (χ0) is 9.68. The van der Waals surface area contributed by atoms with Crippen molar-refractivity contribution in [3.8, 4) is 6.07 Å². The van der Waals surface area contributed by atoms with Gasteiger partial charge in [0, 0.05) is 6.04 Å². The monoisotopic (exact) mass is 180 g/mol. The molecule has 2 heteroatoms. The van der Waals surface area contributed by atoms with E-state index in [1.54, 1.807) is 0 Å². The average Bonchev–Trinajstić information content (AvgIpc) is 2.19. The van der Waals surface area contributed by atoms with E-state index < -0.39 is 0 Å². The molecule has 1 aliphatic carbocycles. The van der Waals surface area contributed by atoms with Crippen LogP contribution in [0, 0.1) is 17.2 Å². The van der Waals surface area contributed by atoms with Gasteiger partial charge in [0.1, 0.15) is 0 Å². The summed E-state index contributed by atoms with van der Waals surface area (Å²) in [6.45, 7) is 4.14. The zero-order valence-corrected chi connectivity index (χ0v) is 8.71. The van der Waals surface area contributed by atoms with Crippen molar-refractivity contribution in [1.82, 2.24) is 5.32 Å². The third-order valence-electron chi connectivity index (χ3n) is 3.06. The number of hydrogen-bond acceptors (Lipinski definition) is 2. The highest BCUT2D eigenvalue weighted by molar-refractivity contribution is 4.89. The van der Waals surface area contributed by atoms with Crippen LogP contribution in [0.25, 0.3) is 0 Å². The molecule has 0 aromatic rings. The van der Waals surface area contributed by atoms with E-state index in [9.17, 15) is 0 Å². The Hall–Kier alpha value is -0.550. The summed E-state index contributed by atoms with van der Waals surface area (Å²) in [6.07, 6.45) is 6.82. The number of nitrogens with zero attached hydrogens (tertiary/aromatic N) is 1. The lowest BCUT2D eigenvalue weighted by Gasteiger charge is -2.29. The molecule has 0 spiro atoms. The molecule has 0 bridgehead atoms. The molecule has 2 nitrogen and oxygen atoms in total. The van der Waals surface area contributed by atoms with E-state index in [2.05, 4.69) is 18.3 Å². The van der Waals surface area contributed by atoms with E-state index in [0.29, 0.717) is 6.04 Å². The summed E-state index contributed by atoms with van der Waals surface area (Å²) in [5.41, 5.74) is 0. The number of hydrogen-bond donors (Lipinski definition) is 1. The van der Waals surface area contributed by atoms with Crippen molar-refractivity contribution in [3.05, 3.63) is 0 Å². The fourth-order valence-corrected chi connectivity index (χ4v) is 2.20. The minimum Gasteiger partial charge on any atom is -0.299 e. The molecule has 1 rings (SSSR count). The Morgan fingerprint density at radius 1 is 1.23 bits per heavy atom. The first-order valence-electron chi connectivity index (χ1n) is 5.39. The van der Waals surface area contributed by atoms with Gasteiger partial charge in [-0.3, -0.25) is 5.32 Å². The van der Waals surface area contributed by atoms with Crippen LogP contribution in [-0.2, 0) is 0 Å². The molecule has 0 aromatic carbocycles. The molecule has 1 saturated carbocycles. The highest BCUT2D eigenvalue weighted by atomic mass is 14.9. The van der Waals surface area contributed by atoms with Gasteiger partial charge < -0.3 is 0 Å². The van der Waals surface area contributed by atoms with Gasteiger partial charge in [0.25, 0.3) is 0 Å². The van der Waals surface area contributed by atoms with Crippen LogP contribution in [-0.4, -0.2) is 12.1 Å². The van der Waals surface area contributed by atoms with Crippen molar-refractivity contribution in [1.29, 1.82) is 5.26 Å². The van der Waals surface area contributed by atoms with Crippen LogP contribution in [0.2, 0.25) is 0 Å². The third kappa shape index (κ3) is 3.36. The molecule has 0 aliphatic heterocycles. The lowest BCUT2D eigenvalue weighted by atomic mass is 9.84. The van der Waals surface area contributed by atoms with Crippen LogP contribution in [0.15, 0.2) is 0 Å². The Kier molecular flexibility index (Phi) is 4.24. The van der Waals surface area contributed by atoms with Crippen molar-refractivity contribution in [3.63, 3.8) is 0 Å². The Labute approximate surface area is 81.3 Å². The highest BCUT2D eigenvalue weighted by Gasteiger charge is 2.20. The summed E-state index contributed by atoms with van der Waals surface area (Å²) >= 11 is 0. The molecule has 1 N–H and O–H groups in total. The van der Waals surface area contributed by atoms with Gasteiger partial charge in [-0.15, -0.1) is 0 Å². The van der Waals surface area contributed by atoms with E-state index in [4.69, 9.17) is 5.26 Å². The SMILES string of the molecule is CC(C#N)N[C@H](C)C1CCCCC1. The zero-order valence-electron chi connectivity index (χ0n) is 8.71. The van der Waals surface area contributed by atoms with Crippen molar-refractivity contribution in [2.75, 3.05) is 0 Å². The first kappa shape index (κ1) is 10.5. The minimum atomic E-state index is -0.00285. The number of nitrogens with one attached hydrogen (secondary N) is 1. The standard InChI is InChI=1S/C11H20N2/c1-9(8-12)13-10(2)11-6-4-3-5-7-11/h9-11,13H,3-7H2,1-2H3/t9?,10-/m1/s1. The molecule has 0 aromatic heterocycles. The van der Waals surface area contributed by atoms with E-state index in [1.807, 2.05) is 6.92 Å². The first-order valence-corrected chi connectivity index (χ1v) is 5.39. The Morgan fingerprint density at radius 2 is 1.85 bits per heavy atom. The molecular weight excluding hydrogens is 160 g/mol. The van der Waals surface area contributed by atoms with Crippen LogP contribution in [0.1, 0.15) is 46.0 Å². The molecule has 2 atom stereocenters. The number of nitriles is 1. The summed E-state index contributed by atoms with van der Waals surface area (Å²) in [5, 5.41) is 12.0. The highest BCUT2D eigenvalue weighted by Crippen LogP contribution is 2.26. The van der Waals surface area contributed by atoms with Crippen molar-refractivity contribution in [2.45, 2.75) is 58.0 Å². The van der Waals surface area contributed by atoms with E-state index in [-0.39, 0.29) is 6.04 Å². The minimum absolute atomic E-state index is 0.00285. The lowest BCUT2D eigenvalue weighted by Crippen LogP contribution is -2.39. The molecule has 0 radical (unpaired) electrons. The first-order chi connectivity index (χ1) is 6.24. The van der Waals surface area contributed by atoms with Crippen LogP contribution in [0.4, 0.5) is 0 Å². The van der Waals surface area contributed by atoms with Crippen molar-refractivity contribution in [2.24, 2.45) is 5.92 Å². The maximum absolute atomic E-state index is 8.67. The summed E-state index contributed by atoms with van der Waals surface area (Å²) in [7, 11) is 0. The van der Waals surface area contributed by atoms with Gasteiger partial charge in [-0.2, -0.15) is 5.26 Å². The van der Waals surface area contributed by atoms with Crippen LogP contribution in [0.5, 0.6) is 0 Å². The molecule has 1 unspecified atom stereocenters. The molecule has 1 fully saturated rings. The van der Waals surface area contributed by atoms with Gasteiger partial charge in [-0.05, 0) is 32.6 Å². The molecule has 0 saturated heterocycles. The normalized spacial score (nSPS) is 23.5. The second kappa shape index (κ2) is 5.24. The Morgan fingerprint density at radius 3 is 2.38 bits per heavy atom. The van der Waals surface area contributed by atoms with E-state index in [0.717, 1.165) is 5.92 Å². The second-order valence-corrected chi connectivity index (χ2v) is 4.20. The molecular formula is C11H20N2. The van der Waals surface area contributed by atoms with Gasteiger partial charge in [0.05, 0.1) is 12.1 Å². The summed E-state index contributed by atoms with van der Waals surface area (Å²) in [5.74, 6) is 0.796. The lowest BCUT2D eigenvalue weighted by molar-refractivity contribution is 0.276. The van der Waals surface area contributed by atoms with Crippen LogP contribution < -0.4 is 5.32 Å². The van der Waals surface area contributed by atoms with Crippen LogP contribution >= 0.6 is 0 Å². The van der Waals surface area contributed by atoms with Gasteiger partial charge in [0.15, 0.2) is 0 Å². The largest absolute Gasteiger partial charge is 0.299 e. The van der Waals surface area contributed by atoms with E-state index >= 15 is 0 Å². The quantitative estimate of drug-likeness (QED) is 0.724. The van der Waals surface area contributed by atoms with Gasteiger partial charge >= 0.3 is 0 Å². The predicted octanol–water partition coefficient (Wildman–Crippen LogP) is 2.46. The molecule has 0 amide bonds. The summed E-state index contributed by atoms with van der Waals surface area (Å²) in [6, 6.07) is 2.73. The molecule has 0 heterocycles. The maximum atomic E-state index is 8.67. The average molecular weight is 180 g/mol. The molecule has 74 valence electrons. The Bertz CT molecular complexity index is 177.